The molecule has 0 radical (unpaired) electrons. The minimum Gasteiger partial charge on any atom is -0.496 e. The molecule has 2 heterocycles. The second kappa shape index (κ2) is 6.63. The molecule has 5 nitrogen and oxygen atoms in total. The van der Waals surface area contributed by atoms with Gasteiger partial charge in [-0.15, -0.1) is 0 Å². The number of benzene rings is 2. The Balaban J connectivity index is 1.63. The molecule has 0 spiro atoms. The Morgan fingerprint density at radius 3 is 2.88 bits per heavy atom. The largest absolute Gasteiger partial charge is 0.496 e. The molecule has 1 N–H and O–H groups in total. The SMILES string of the molecule is COc1cc(N2CC[C@@H](c3cccc(F)c3)C2=O)ccc1-c1cn[nH]c1. The Hall–Kier alpha value is -3.15. The Bertz CT molecular complexity index is 940. The highest BCUT2D eigenvalue weighted by Gasteiger charge is 2.34. The number of aromatic nitrogens is 2. The van der Waals surface area contributed by atoms with E-state index in [4.69, 9.17) is 4.74 Å². The van der Waals surface area contributed by atoms with Crippen LogP contribution in [0.2, 0.25) is 0 Å². The molecular weight excluding hydrogens is 333 g/mol. The van der Waals surface area contributed by atoms with E-state index in [1.54, 1.807) is 36.5 Å². The van der Waals surface area contributed by atoms with Crippen LogP contribution in [0.5, 0.6) is 5.75 Å². The molecule has 0 bridgehead atoms. The van der Waals surface area contributed by atoms with Crippen molar-refractivity contribution in [2.24, 2.45) is 0 Å². The number of anilines is 1. The molecule has 1 aromatic heterocycles. The maximum atomic E-state index is 13.5. The summed E-state index contributed by atoms with van der Waals surface area (Å²) in [5.74, 6) is 0.0183. The molecule has 3 aromatic rings. The van der Waals surface area contributed by atoms with E-state index in [2.05, 4.69) is 10.2 Å². The Kier molecular flexibility index (Phi) is 4.16. The van der Waals surface area contributed by atoms with Crippen molar-refractivity contribution < 1.29 is 13.9 Å². The standard InChI is InChI=1S/C20H18FN3O2/c1-26-19-10-16(5-6-17(19)14-11-22-23-12-14)24-8-7-18(20(24)25)13-3-2-4-15(21)9-13/h2-6,9-12,18H,7-8H2,1H3,(H,22,23)/t18-/m0/s1. The van der Waals surface area contributed by atoms with Crippen LogP contribution in [0.25, 0.3) is 11.1 Å². The second-order valence-electron chi connectivity index (χ2n) is 6.26. The van der Waals surface area contributed by atoms with Crippen molar-refractivity contribution in [3.8, 4) is 16.9 Å². The van der Waals surface area contributed by atoms with E-state index in [0.29, 0.717) is 18.7 Å². The zero-order valence-corrected chi connectivity index (χ0v) is 14.3. The highest BCUT2D eigenvalue weighted by molar-refractivity contribution is 6.00. The molecule has 1 fully saturated rings. The van der Waals surface area contributed by atoms with Crippen LogP contribution in [0.1, 0.15) is 17.9 Å². The number of nitrogens with zero attached hydrogens (tertiary/aromatic N) is 2. The van der Waals surface area contributed by atoms with E-state index in [-0.39, 0.29) is 17.6 Å². The number of hydrogen-bond donors (Lipinski definition) is 1. The topological polar surface area (TPSA) is 58.2 Å². The molecule has 6 heteroatoms. The van der Waals surface area contributed by atoms with Gasteiger partial charge in [0.25, 0.3) is 0 Å². The molecule has 132 valence electrons. The normalized spacial score (nSPS) is 16.9. The monoisotopic (exact) mass is 351 g/mol. The van der Waals surface area contributed by atoms with Gasteiger partial charge in [0.1, 0.15) is 11.6 Å². The number of carbonyl (C=O) groups excluding carboxylic acids is 1. The van der Waals surface area contributed by atoms with Gasteiger partial charge in [-0.25, -0.2) is 4.39 Å². The lowest BCUT2D eigenvalue weighted by Crippen LogP contribution is -2.26. The first-order valence-electron chi connectivity index (χ1n) is 8.41. The van der Waals surface area contributed by atoms with Gasteiger partial charge >= 0.3 is 0 Å². The maximum absolute atomic E-state index is 13.5. The van der Waals surface area contributed by atoms with Crippen molar-refractivity contribution in [2.45, 2.75) is 12.3 Å². The second-order valence-corrected chi connectivity index (χ2v) is 6.26. The van der Waals surface area contributed by atoms with Crippen LogP contribution in [0.4, 0.5) is 10.1 Å². The lowest BCUT2D eigenvalue weighted by Gasteiger charge is -2.19. The van der Waals surface area contributed by atoms with Gasteiger partial charge in [0.2, 0.25) is 5.91 Å². The first kappa shape index (κ1) is 16.3. The van der Waals surface area contributed by atoms with Crippen LogP contribution < -0.4 is 9.64 Å². The highest BCUT2D eigenvalue weighted by Crippen LogP contribution is 2.37. The van der Waals surface area contributed by atoms with Crippen LogP contribution in [0.15, 0.2) is 54.9 Å². The van der Waals surface area contributed by atoms with Gasteiger partial charge in [0, 0.05) is 35.6 Å². The third-order valence-electron chi connectivity index (χ3n) is 4.76. The van der Waals surface area contributed by atoms with Gasteiger partial charge < -0.3 is 9.64 Å². The van der Waals surface area contributed by atoms with Gasteiger partial charge in [0.05, 0.1) is 19.2 Å². The Morgan fingerprint density at radius 2 is 2.15 bits per heavy atom. The fourth-order valence-corrected chi connectivity index (χ4v) is 3.45. The molecule has 2 aromatic carbocycles. The van der Waals surface area contributed by atoms with Crippen LogP contribution >= 0.6 is 0 Å². The molecule has 1 amide bonds. The van der Waals surface area contributed by atoms with E-state index >= 15 is 0 Å². The third kappa shape index (κ3) is 2.83. The van der Waals surface area contributed by atoms with Crippen LogP contribution in [0, 0.1) is 5.82 Å². The lowest BCUT2D eigenvalue weighted by atomic mass is 9.98. The molecule has 0 saturated carbocycles. The average Bonchev–Trinajstić information content (AvgIpc) is 3.31. The zero-order valence-electron chi connectivity index (χ0n) is 14.3. The summed E-state index contributed by atoms with van der Waals surface area (Å²) in [4.78, 5) is 14.6. The number of carbonyl (C=O) groups is 1. The first-order chi connectivity index (χ1) is 12.7. The quantitative estimate of drug-likeness (QED) is 0.779. The summed E-state index contributed by atoms with van der Waals surface area (Å²) < 4.78 is 19.0. The fraction of sp³-hybridized carbons (Fsp3) is 0.200. The summed E-state index contributed by atoms with van der Waals surface area (Å²) in [5.41, 5.74) is 3.31. The van der Waals surface area contributed by atoms with E-state index < -0.39 is 0 Å². The predicted molar refractivity (Wildman–Crippen MR) is 96.7 cm³/mol. The molecule has 1 saturated heterocycles. The number of nitrogens with one attached hydrogen (secondary N) is 1. The van der Waals surface area contributed by atoms with E-state index in [1.807, 2.05) is 18.2 Å². The number of hydrogen-bond acceptors (Lipinski definition) is 3. The summed E-state index contributed by atoms with van der Waals surface area (Å²) in [6.07, 6.45) is 4.17. The van der Waals surface area contributed by atoms with E-state index in [1.165, 1.54) is 12.1 Å². The minimum absolute atomic E-state index is 0.0197. The maximum Gasteiger partial charge on any atom is 0.234 e. The van der Waals surface area contributed by atoms with Gasteiger partial charge in [-0.2, -0.15) is 5.10 Å². The number of rotatable bonds is 4. The van der Waals surface area contributed by atoms with Crippen molar-refractivity contribution in [1.29, 1.82) is 0 Å². The molecule has 1 atom stereocenters. The number of H-pyrrole nitrogens is 1. The molecular formula is C20H18FN3O2. The van der Waals surface area contributed by atoms with Gasteiger partial charge in [0.15, 0.2) is 0 Å². The molecule has 26 heavy (non-hydrogen) atoms. The summed E-state index contributed by atoms with van der Waals surface area (Å²) in [6, 6.07) is 11.9. The number of halogens is 1. The van der Waals surface area contributed by atoms with Gasteiger partial charge in [-0.05, 0) is 36.2 Å². The highest BCUT2D eigenvalue weighted by atomic mass is 19.1. The van der Waals surface area contributed by atoms with Crippen molar-refractivity contribution in [2.75, 3.05) is 18.6 Å². The number of methoxy groups -OCH3 is 1. The smallest absolute Gasteiger partial charge is 0.234 e. The fourth-order valence-electron chi connectivity index (χ4n) is 3.45. The Morgan fingerprint density at radius 1 is 1.27 bits per heavy atom. The van der Waals surface area contributed by atoms with Crippen molar-refractivity contribution in [1.82, 2.24) is 10.2 Å². The predicted octanol–water partition coefficient (Wildman–Crippen LogP) is 3.74. The van der Waals surface area contributed by atoms with Crippen LogP contribution in [-0.2, 0) is 4.79 Å². The lowest BCUT2D eigenvalue weighted by molar-refractivity contribution is -0.118. The van der Waals surface area contributed by atoms with Crippen LogP contribution in [0.3, 0.4) is 0 Å². The number of ether oxygens (including phenoxy) is 1. The van der Waals surface area contributed by atoms with E-state index in [0.717, 1.165) is 22.4 Å². The molecule has 0 unspecified atom stereocenters. The molecule has 0 aliphatic carbocycles. The number of amides is 1. The minimum atomic E-state index is -0.320. The van der Waals surface area contributed by atoms with Gasteiger partial charge in [-0.3, -0.25) is 9.89 Å². The third-order valence-corrected chi connectivity index (χ3v) is 4.76. The van der Waals surface area contributed by atoms with E-state index in [9.17, 15) is 9.18 Å². The number of aromatic amines is 1. The van der Waals surface area contributed by atoms with Crippen molar-refractivity contribution >= 4 is 11.6 Å². The molecule has 1 aliphatic rings. The summed E-state index contributed by atoms with van der Waals surface area (Å²) in [6.45, 7) is 0.591. The molecule has 1 aliphatic heterocycles. The van der Waals surface area contributed by atoms with Crippen molar-refractivity contribution in [3.05, 3.63) is 66.2 Å². The van der Waals surface area contributed by atoms with Gasteiger partial charge in [-0.1, -0.05) is 12.1 Å². The van der Waals surface area contributed by atoms with Crippen molar-refractivity contribution in [3.63, 3.8) is 0 Å². The first-order valence-corrected chi connectivity index (χ1v) is 8.41. The summed E-state index contributed by atoms with van der Waals surface area (Å²) in [7, 11) is 1.60. The summed E-state index contributed by atoms with van der Waals surface area (Å²) >= 11 is 0. The zero-order chi connectivity index (χ0) is 18.1. The summed E-state index contributed by atoms with van der Waals surface area (Å²) in [5, 5.41) is 6.74. The van der Waals surface area contributed by atoms with Crippen LogP contribution in [-0.4, -0.2) is 29.8 Å². The molecule has 4 rings (SSSR count). The Labute approximate surface area is 150 Å². The average molecular weight is 351 g/mol.